The molecule has 0 amide bonds. The van der Waals surface area contributed by atoms with E-state index >= 15 is 0 Å². The maximum atomic E-state index is 10.8. The molecule has 0 saturated carbocycles. The molecule has 0 aliphatic heterocycles. The molecule has 5 N–H and O–H groups in total. The fourth-order valence-electron chi connectivity index (χ4n) is 1.72. The Balaban J connectivity index is 1.93. The van der Waals surface area contributed by atoms with Gasteiger partial charge in [-0.25, -0.2) is 14.5 Å². The Bertz CT molecular complexity index is 801. The van der Waals surface area contributed by atoms with Crippen molar-refractivity contribution in [2.75, 3.05) is 25.5 Å². The van der Waals surface area contributed by atoms with Crippen molar-refractivity contribution in [1.82, 2.24) is 20.4 Å². The molecule has 2 aromatic rings. The van der Waals surface area contributed by atoms with Crippen molar-refractivity contribution in [3.63, 3.8) is 0 Å². The van der Waals surface area contributed by atoms with Gasteiger partial charge < -0.3 is 15.1 Å². The molecule has 0 aromatic carbocycles. The zero-order valence-electron chi connectivity index (χ0n) is 12.6. The number of amidine groups is 1. The number of nitrogens with one attached hydrogen (secondary N) is 3. The average Bonchev–Trinajstić information content (AvgIpc) is 3.13. The van der Waals surface area contributed by atoms with Crippen LogP contribution in [-0.2, 0) is 16.8 Å². The minimum absolute atomic E-state index is 0.0809. The largest absolute Gasteiger partial charge is 0.466 e. The van der Waals surface area contributed by atoms with Crippen LogP contribution in [0.2, 0.25) is 0 Å². The highest BCUT2D eigenvalue weighted by atomic mass is 79.9. The van der Waals surface area contributed by atoms with Gasteiger partial charge >= 0.3 is 0 Å². The van der Waals surface area contributed by atoms with E-state index < -0.39 is 10.2 Å². The van der Waals surface area contributed by atoms with Gasteiger partial charge in [-0.15, -0.1) is 0 Å². The highest BCUT2D eigenvalue weighted by Crippen LogP contribution is 2.14. The number of nitrogens with zero attached hydrogens (tertiary/aromatic N) is 3. The van der Waals surface area contributed by atoms with Gasteiger partial charge in [-0.1, -0.05) is 0 Å². The predicted octanol–water partition coefficient (Wildman–Crippen LogP) is -0.204. The first kappa shape index (κ1) is 18.4. The Morgan fingerprint density at radius 2 is 2.21 bits per heavy atom. The van der Waals surface area contributed by atoms with Crippen LogP contribution < -0.4 is 20.5 Å². The minimum Gasteiger partial charge on any atom is -0.466 e. The molecule has 11 nitrogen and oxygen atoms in total. The molecular weight excluding hydrogens is 406 g/mol. The number of aliphatic imine (C=N–C) groups is 1. The first-order chi connectivity index (χ1) is 11.4. The summed E-state index contributed by atoms with van der Waals surface area (Å²) in [6.07, 6.45) is 1.57. The van der Waals surface area contributed by atoms with Crippen LogP contribution in [0.4, 0.5) is 5.82 Å². The van der Waals surface area contributed by atoms with Crippen molar-refractivity contribution < 1.29 is 17.5 Å². The van der Waals surface area contributed by atoms with E-state index in [0.29, 0.717) is 29.7 Å². The maximum Gasteiger partial charge on any atom is 0.274 e. The van der Waals surface area contributed by atoms with Crippen LogP contribution in [0, 0.1) is 0 Å². The Morgan fingerprint density at radius 3 is 2.83 bits per heavy atom. The van der Waals surface area contributed by atoms with Gasteiger partial charge in [0.1, 0.15) is 12.0 Å². The number of furan rings is 1. The summed E-state index contributed by atoms with van der Waals surface area (Å²) in [6.45, 7) is 0.703. The monoisotopic (exact) mass is 421 g/mol. The minimum atomic E-state index is -3.73. The van der Waals surface area contributed by atoms with E-state index in [2.05, 4.69) is 46.6 Å². The maximum absolute atomic E-state index is 10.8. The van der Waals surface area contributed by atoms with Gasteiger partial charge in [0.25, 0.3) is 10.2 Å². The zero-order chi connectivity index (χ0) is 17.6. The Kier molecular flexibility index (Phi) is 6.30. The summed E-state index contributed by atoms with van der Waals surface area (Å²) in [4.78, 5) is 4.10. The van der Waals surface area contributed by atoms with Crippen LogP contribution in [0.1, 0.15) is 11.5 Å². The fourth-order valence-corrected chi connectivity index (χ4v) is 2.46. The molecule has 0 bridgehead atoms. The van der Waals surface area contributed by atoms with Crippen LogP contribution in [0.15, 0.2) is 30.8 Å². The number of hydrogen-bond acceptors (Lipinski definition) is 8. The highest BCUT2D eigenvalue weighted by molar-refractivity contribution is 9.10. The van der Waals surface area contributed by atoms with Crippen LogP contribution >= 0.6 is 15.9 Å². The third kappa shape index (κ3) is 5.59. The third-order valence-electron chi connectivity index (χ3n) is 2.71. The molecule has 2 aromatic heterocycles. The van der Waals surface area contributed by atoms with Gasteiger partial charge in [-0.05, 0) is 32.3 Å². The molecular formula is C11H16BrN7O4S. The van der Waals surface area contributed by atoms with Crippen molar-refractivity contribution in [3.05, 3.63) is 28.3 Å². The Hall–Kier alpha value is -1.96. The van der Waals surface area contributed by atoms with Gasteiger partial charge in [0.05, 0.1) is 11.0 Å². The van der Waals surface area contributed by atoms with Crippen molar-refractivity contribution in [3.8, 4) is 0 Å². The summed E-state index contributed by atoms with van der Waals surface area (Å²) < 4.78 is 34.6. The summed E-state index contributed by atoms with van der Waals surface area (Å²) in [5, 5.41) is 18.3. The quantitative estimate of drug-likeness (QED) is 0.258. The lowest BCUT2D eigenvalue weighted by Gasteiger charge is -2.07. The molecule has 2 heterocycles. The molecule has 0 unspecified atom stereocenters. The molecule has 0 radical (unpaired) electrons. The molecule has 2 rings (SSSR count). The summed E-state index contributed by atoms with van der Waals surface area (Å²) in [6, 6.07) is 1.82. The molecule has 0 saturated heterocycles. The molecule has 24 heavy (non-hydrogen) atoms. The standard InChI is InChI=1S/C11H16BrN7O4S/c1-14-10(16-5-8-4-7(12)6-22-8)9-11(19-23-18-9)15-2-3-17-24(13,20)21/h4,6,17H,2-3,5H2,1H3,(H,14,16)(H,15,19)(H2,13,20,21). The molecule has 0 aliphatic rings. The predicted molar refractivity (Wildman–Crippen MR) is 89.6 cm³/mol. The van der Waals surface area contributed by atoms with Gasteiger partial charge in [-0.2, -0.15) is 8.42 Å². The van der Waals surface area contributed by atoms with E-state index in [9.17, 15) is 8.42 Å². The lowest BCUT2D eigenvalue weighted by Crippen LogP contribution is -2.34. The number of rotatable bonds is 8. The number of nitrogens with two attached hydrogens (primary N) is 1. The molecule has 0 spiro atoms. The van der Waals surface area contributed by atoms with Crippen LogP contribution in [0.5, 0.6) is 0 Å². The van der Waals surface area contributed by atoms with E-state index in [4.69, 9.17) is 14.2 Å². The average molecular weight is 422 g/mol. The first-order valence-corrected chi connectivity index (χ1v) is 9.00. The van der Waals surface area contributed by atoms with Crippen molar-refractivity contribution in [1.29, 1.82) is 0 Å². The van der Waals surface area contributed by atoms with Crippen LogP contribution in [0.3, 0.4) is 0 Å². The topological polar surface area (TPSA) is 161 Å². The Labute approximate surface area is 146 Å². The van der Waals surface area contributed by atoms with Crippen molar-refractivity contribution >= 4 is 37.8 Å². The van der Waals surface area contributed by atoms with E-state index in [0.717, 1.165) is 4.47 Å². The smallest absolute Gasteiger partial charge is 0.274 e. The highest BCUT2D eigenvalue weighted by Gasteiger charge is 2.16. The summed E-state index contributed by atoms with van der Waals surface area (Å²) in [7, 11) is -2.15. The normalized spacial score (nSPS) is 12.4. The molecule has 0 aliphatic carbocycles. The second-order valence-corrected chi connectivity index (χ2v) is 6.78. The first-order valence-electron chi connectivity index (χ1n) is 6.67. The molecule has 13 heteroatoms. The number of aromatic nitrogens is 2. The zero-order valence-corrected chi connectivity index (χ0v) is 15.0. The molecule has 0 atom stereocenters. The van der Waals surface area contributed by atoms with Gasteiger partial charge in [0.2, 0.25) is 5.82 Å². The fraction of sp³-hybridized carbons (Fsp3) is 0.364. The second kappa shape index (κ2) is 8.23. The summed E-state index contributed by atoms with van der Waals surface area (Å²) >= 11 is 3.30. The lowest BCUT2D eigenvalue weighted by molar-refractivity contribution is 0.307. The van der Waals surface area contributed by atoms with Crippen LogP contribution in [-0.4, -0.2) is 44.7 Å². The number of hydrogen-bond donors (Lipinski definition) is 4. The van der Waals surface area contributed by atoms with Gasteiger partial charge in [0, 0.05) is 20.1 Å². The van der Waals surface area contributed by atoms with Gasteiger partial charge in [0.15, 0.2) is 11.5 Å². The lowest BCUT2D eigenvalue weighted by atomic mass is 10.3. The van der Waals surface area contributed by atoms with E-state index in [1.165, 1.54) is 0 Å². The second-order valence-electron chi connectivity index (χ2n) is 4.48. The van der Waals surface area contributed by atoms with E-state index in [1.807, 2.05) is 6.07 Å². The van der Waals surface area contributed by atoms with Gasteiger partial charge in [-0.3, -0.25) is 4.99 Å². The third-order valence-corrected chi connectivity index (χ3v) is 3.73. The van der Waals surface area contributed by atoms with Crippen molar-refractivity contribution in [2.24, 2.45) is 10.1 Å². The van der Waals surface area contributed by atoms with E-state index in [-0.39, 0.29) is 13.1 Å². The SMILES string of the molecule is CN=C(NCc1cc(Br)co1)c1nonc1NCCNS(N)(=O)=O. The Morgan fingerprint density at radius 1 is 1.42 bits per heavy atom. The molecule has 132 valence electrons. The van der Waals surface area contributed by atoms with Crippen LogP contribution in [0.25, 0.3) is 0 Å². The number of anilines is 1. The summed E-state index contributed by atoms with van der Waals surface area (Å²) in [5.41, 5.74) is 0.360. The summed E-state index contributed by atoms with van der Waals surface area (Å²) in [5.74, 6) is 1.46. The number of halogens is 1. The molecule has 0 fully saturated rings. The van der Waals surface area contributed by atoms with E-state index in [1.54, 1.807) is 13.3 Å². The van der Waals surface area contributed by atoms with Crippen molar-refractivity contribution in [2.45, 2.75) is 6.54 Å².